The minimum absolute atomic E-state index is 0.394. The number of nitrogens with one attached hydrogen (secondary N) is 2. The lowest BCUT2D eigenvalue weighted by atomic mass is 9.73. The second kappa shape index (κ2) is 9.47. The molecule has 2 aromatic rings. The number of likely N-dealkylation sites (tertiary alicyclic amines) is 1. The molecule has 2 N–H and O–H groups in total. The van der Waals surface area contributed by atoms with Crippen molar-refractivity contribution in [1.82, 2.24) is 25.0 Å². The first-order valence-electron chi connectivity index (χ1n) is 12.0. The van der Waals surface area contributed by atoms with E-state index < -0.39 is 0 Å². The normalized spacial score (nSPS) is 23.2. The molecule has 1 unspecified atom stereocenters. The number of aromatic nitrogens is 1. The highest BCUT2D eigenvalue weighted by molar-refractivity contribution is 7.80. The molecule has 2 heterocycles. The number of nitrogens with zero attached hydrogens (tertiary/aromatic N) is 3. The Labute approximate surface area is 193 Å². The van der Waals surface area contributed by atoms with Gasteiger partial charge in [0.25, 0.3) is 0 Å². The zero-order chi connectivity index (χ0) is 22.1. The highest BCUT2D eigenvalue weighted by atomic mass is 32.1. The van der Waals surface area contributed by atoms with Crippen LogP contribution >= 0.6 is 12.2 Å². The molecule has 1 aliphatic heterocycles. The average Bonchev–Trinajstić information content (AvgIpc) is 3.06. The molecule has 5 nitrogen and oxygen atoms in total. The summed E-state index contributed by atoms with van der Waals surface area (Å²) in [6, 6.07) is 7.82. The summed E-state index contributed by atoms with van der Waals surface area (Å²) in [4.78, 5) is 10.9. The van der Waals surface area contributed by atoms with E-state index >= 15 is 0 Å². The molecule has 1 aromatic carbocycles. The lowest BCUT2D eigenvalue weighted by Gasteiger charge is -2.48. The van der Waals surface area contributed by atoms with Gasteiger partial charge in [0.1, 0.15) is 0 Å². The third-order valence-corrected chi connectivity index (χ3v) is 7.61. The Bertz CT molecular complexity index is 920. The fraction of sp³-hybridized carbons (Fsp3) is 0.640. The van der Waals surface area contributed by atoms with E-state index in [0.717, 1.165) is 50.7 Å². The van der Waals surface area contributed by atoms with E-state index in [2.05, 4.69) is 78.1 Å². The van der Waals surface area contributed by atoms with Crippen LogP contribution in [-0.4, -0.2) is 83.7 Å². The number of likely N-dealkylation sites (N-methyl/N-ethyl adjacent to an activating group) is 2. The molecule has 1 saturated heterocycles. The van der Waals surface area contributed by atoms with E-state index in [1.54, 1.807) is 0 Å². The van der Waals surface area contributed by atoms with Crippen molar-refractivity contribution in [2.24, 2.45) is 0 Å². The van der Waals surface area contributed by atoms with Crippen LogP contribution in [0.5, 0.6) is 0 Å². The SMILES string of the molecule is CCCN1C[C@@H](NC(=S)N(CC)CCN(C)C)CC2c3cccc4[nH]c(C)c(c34)C[C@H]21. The first-order valence-corrected chi connectivity index (χ1v) is 12.4. The molecule has 170 valence electrons. The van der Waals surface area contributed by atoms with Crippen LogP contribution in [0.2, 0.25) is 0 Å². The molecule has 0 spiro atoms. The lowest BCUT2D eigenvalue weighted by molar-refractivity contribution is 0.104. The van der Waals surface area contributed by atoms with Crippen molar-refractivity contribution >= 4 is 28.2 Å². The molecule has 6 heteroatoms. The third kappa shape index (κ3) is 4.48. The molecule has 0 amide bonds. The Morgan fingerprint density at radius 2 is 2.06 bits per heavy atom. The summed E-state index contributed by atoms with van der Waals surface area (Å²) >= 11 is 5.86. The van der Waals surface area contributed by atoms with Crippen molar-refractivity contribution in [2.45, 2.75) is 58.0 Å². The Balaban J connectivity index is 1.57. The van der Waals surface area contributed by atoms with Gasteiger partial charge in [-0.05, 0) is 83.2 Å². The zero-order valence-corrected chi connectivity index (χ0v) is 20.7. The standard InChI is InChI=1S/C25H39N5S/c1-6-11-30-16-18(27-25(31)29(7-2)13-12-28(4)5)14-21-19-9-8-10-22-24(19)20(15-23(21)30)17(3)26-22/h8-10,18,21,23,26H,6-7,11-16H2,1-5H3,(H,27,31)/t18-,21?,23+/m0/s1. The topological polar surface area (TPSA) is 37.5 Å². The van der Waals surface area contributed by atoms with Crippen LogP contribution in [0.1, 0.15) is 49.4 Å². The maximum Gasteiger partial charge on any atom is 0.169 e. The highest BCUT2D eigenvalue weighted by Gasteiger charge is 2.41. The minimum atomic E-state index is 0.394. The van der Waals surface area contributed by atoms with Crippen molar-refractivity contribution in [1.29, 1.82) is 0 Å². The van der Waals surface area contributed by atoms with Gasteiger partial charge in [0.05, 0.1) is 0 Å². The number of fused-ring (bicyclic) bond motifs is 2. The van der Waals surface area contributed by atoms with Gasteiger partial charge in [-0.15, -0.1) is 0 Å². The number of thiocarbonyl (C=S) groups is 1. The summed E-state index contributed by atoms with van der Waals surface area (Å²) in [6.45, 7) is 11.9. The molecule has 0 saturated carbocycles. The number of H-pyrrole nitrogens is 1. The summed E-state index contributed by atoms with van der Waals surface area (Å²) in [5.41, 5.74) is 5.72. The van der Waals surface area contributed by atoms with Gasteiger partial charge in [-0.2, -0.15) is 0 Å². The van der Waals surface area contributed by atoms with Gasteiger partial charge in [0.2, 0.25) is 0 Å². The Hall–Kier alpha value is -1.63. The lowest BCUT2D eigenvalue weighted by Crippen LogP contribution is -2.58. The van der Waals surface area contributed by atoms with Crippen molar-refractivity contribution < 1.29 is 0 Å². The first kappa shape index (κ1) is 22.6. The van der Waals surface area contributed by atoms with Gasteiger partial charge in [-0.3, -0.25) is 4.90 Å². The fourth-order valence-corrected chi connectivity index (χ4v) is 6.09. The van der Waals surface area contributed by atoms with Gasteiger partial charge in [0, 0.05) is 60.8 Å². The Morgan fingerprint density at radius 3 is 2.77 bits per heavy atom. The predicted molar refractivity (Wildman–Crippen MR) is 135 cm³/mol. The molecule has 31 heavy (non-hydrogen) atoms. The van der Waals surface area contributed by atoms with Gasteiger partial charge in [-0.1, -0.05) is 19.1 Å². The van der Waals surface area contributed by atoms with Gasteiger partial charge < -0.3 is 20.1 Å². The van der Waals surface area contributed by atoms with Crippen LogP contribution in [-0.2, 0) is 6.42 Å². The largest absolute Gasteiger partial charge is 0.359 e. The Kier molecular flexibility index (Phi) is 6.89. The number of aromatic amines is 1. The molecule has 1 aromatic heterocycles. The minimum Gasteiger partial charge on any atom is -0.359 e. The van der Waals surface area contributed by atoms with E-state index in [1.807, 2.05) is 0 Å². The Morgan fingerprint density at radius 1 is 1.26 bits per heavy atom. The second-order valence-electron chi connectivity index (χ2n) is 9.64. The summed E-state index contributed by atoms with van der Waals surface area (Å²) in [5, 5.41) is 6.17. The monoisotopic (exact) mass is 441 g/mol. The van der Waals surface area contributed by atoms with Crippen molar-refractivity contribution in [3.63, 3.8) is 0 Å². The van der Waals surface area contributed by atoms with Crippen LogP contribution in [0.4, 0.5) is 0 Å². The zero-order valence-electron chi connectivity index (χ0n) is 19.9. The molecule has 1 fully saturated rings. The molecule has 2 aliphatic rings. The predicted octanol–water partition coefficient (Wildman–Crippen LogP) is 3.73. The van der Waals surface area contributed by atoms with E-state index in [0.29, 0.717) is 18.0 Å². The maximum absolute atomic E-state index is 5.86. The molecule has 0 bridgehead atoms. The average molecular weight is 442 g/mol. The van der Waals surface area contributed by atoms with Crippen LogP contribution in [0.25, 0.3) is 10.9 Å². The number of aryl methyl sites for hydroxylation is 1. The number of rotatable bonds is 7. The van der Waals surface area contributed by atoms with Crippen LogP contribution in [0, 0.1) is 6.92 Å². The van der Waals surface area contributed by atoms with Gasteiger partial charge in [0.15, 0.2) is 5.11 Å². The van der Waals surface area contributed by atoms with Crippen LogP contribution in [0.3, 0.4) is 0 Å². The van der Waals surface area contributed by atoms with Crippen molar-refractivity contribution in [2.75, 3.05) is 46.8 Å². The third-order valence-electron chi connectivity index (χ3n) is 7.24. The van der Waals surface area contributed by atoms with E-state index in [4.69, 9.17) is 12.2 Å². The fourth-order valence-electron chi connectivity index (χ4n) is 5.70. The smallest absolute Gasteiger partial charge is 0.169 e. The number of piperidine rings is 1. The van der Waals surface area contributed by atoms with E-state index in [1.165, 1.54) is 34.1 Å². The highest BCUT2D eigenvalue weighted by Crippen LogP contribution is 2.44. The van der Waals surface area contributed by atoms with E-state index in [9.17, 15) is 0 Å². The summed E-state index contributed by atoms with van der Waals surface area (Å²) in [5.74, 6) is 0.559. The molecular formula is C25H39N5S. The molecular weight excluding hydrogens is 402 g/mol. The van der Waals surface area contributed by atoms with Crippen LogP contribution < -0.4 is 5.32 Å². The maximum atomic E-state index is 5.86. The molecule has 4 rings (SSSR count). The molecule has 0 radical (unpaired) electrons. The van der Waals surface area contributed by atoms with Gasteiger partial charge >= 0.3 is 0 Å². The van der Waals surface area contributed by atoms with Crippen molar-refractivity contribution in [3.8, 4) is 0 Å². The number of hydrogen-bond donors (Lipinski definition) is 2. The summed E-state index contributed by atoms with van der Waals surface area (Å²) < 4.78 is 0. The van der Waals surface area contributed by atoms with E-state index in [-0.39, 0.29) is 0 Å². The molecule has 1 aliphatic carbocycles. The number of hydrogen-bond acceptors (Lipinski definition) is 3. The summed E-state index contributed by atoms with van der Waals surface area (Å²) in [7, 11) is 4.24. The van der Waals surface area contributed by atoms with Crippen molar-refractivity contribution in [3.05, 3.63) is 35.0 Å². The van der Waals surface area contributed by atoms with Gasteiger partial charge in [-0.25, -0.2) is 0 Å². The first-order chi connectivity index (χ1) is 14.9. The quantitative estimate of drug-likeness (QED) is 0.641. The number of benzene rings is 1. The van der Waals surface area contributed by atoms with Crippen LogP contribution in [0.15, 0.2) is 18.2 Å². The second-order valence-corrected chi connectivity index (χ2v) is 10.0. The molecule has 3 atom stereocenters. The summed E-state index contributed by atoms with van der Waals surface area (Å²) in [6.07, 6.45) is 3.50.